The third-order valence-electron chi connectivity index (χ3n) is 4.33. The van der Waals surface area contributed by atoms with Crippen LogP contribution in [0.15, 0.2) is 53.4 Å². The Kier molecular flexibility index (Phi) is 9.21. The van der Waals surface area contributed by atoms with Gasteiger partial charge in [-0.2, -0.15) is 0 Å². The molecule has 0 atom stereocenters. The zero-order valence-corrected chi connectivity index (χ0v) is 18.8. The lowest BCUT2D eigenvalue weighted by Crippen LogP contribution is -2.41. The van der Waals surface area contributed by atoms with Crippen LogP contribution >= 0.6 is 0 Å². The third-order valence-corrected chi connectivity index (χ3v) is 5.71. The number of sulfonamides is 1. The Labute approximate surface area is 187 Å². The van der Waals surface area contributed by atoms with Crippen LogP contribution in [0.4, 0.5) is 10.5 Å². The van der Waals surface area contributed by atoms with Gasteiger partial charge < -0.3 is 10.1 Å². The molecule has 0 aliphatic heterocycles. The van der Waals surface area contributed by atoms with Crippen LogP contribution in [-0.2, 0) is 26.0 Å². The van der Waals surface area contributed by atoms with Crippen LogP contribution in [0.1, 0.15) is 42.6 Å². The molecule has 9 nitrogen and oxygen atoms in total. The molecule has 0 aliphatic rings. The fraction of sp³-hybridized carbons (Fsp3) is 0.318. The van der Waals surface area contributed by atoms with Gasteiger partial charge in [0.25, 0.3) is 15.9 Å². The maximum atomic E-state index is 12.7. The highest BCUT2D eigenvalue weighted by Gasteiger charge is 2.18. The molecule has 3 amide bonds. The van der Waals surface area contributed by atoms with E-state index in [-0.39, 0.29) is 10.5 Å². The van der Waals surface area contributed by atoms with Gasteiger partial charge in [-0.15, -0.1) is 0 Å². The van der Waals surface area contributed by atoms with Gasteiger partial charge in [-0.25, -0.2) is 18.0 Å². The summed E-state index contributed by atoms with van der Waals surface area (Å²) in [4.78, 5) is 35.0. The van der Waals surface area contributed by atoms with Crippen molar-refractivity contribution in [2.45, 2.75) is 38.0 Å². The van der Waals surface area contributed by atoms with Crippen molar-refractivity contribution < 1.29 is 27.5 Å². The van der Waals surface area contributed by atoms with E-state index in [4.69, 9.17) is 4.74 Å². The topological polar surface area (TPSA) is 131 Å². The number of amides is 3. The molecule has 32 heavy (non-hydrogen) atoms. The van der Waals surface area contributed by atoms with Crippen LogP contribution in [-0.4, -0.2) is 39.5 Å². The highest BCUT2D eigenvalue weighted by molar-refractivity contribution is 7.92. The first-order valence-corrected chi connectivity index (χ1v) is 11.7. The Hall–Kier alpha value is -3.40. The summed E-state index contributed by atoms with van der Waals surface area (Å²) in [6.45, 7) is 3.43. The van der Waals surface area contributed by atoms with Crippen LogP contribution in [0.3, 0.4) is 0 Å². The number of unbranched alkanes of at least 4 members (excludes halogenated alkanes) is 1. The number of urea groups is 1. The molecular formula is C22H27N3O6S. The van der Waals surface area contributed by atoms with Crippen molar-refractivity contribution >= 4 is 33.6 Å². The van der Waals surface area contributed by atoms with Gasteiger partial charge >= 0.3 is 12.0 Å². The van der Waals surface area contributed by atoms with Crippen molar-refractivity contribution in [1.82, 2.24) is 10.6 Å². The van der Waals surface area contributed by atoms with Crippen molar-refractivity contribution in [2.24, 2.45) is 0 Å². The minimum atomic E-state index is -3.94. The average molecular weight is 462 g/mol. The highest BCUT2D eigenvalue weighted by atomic mass is 32.2. The second-order valence-electron chi connectivity index (χ2n) is 6.92. The first-order chi connectivity index (χ1) is 15.2. The molecule has 0 radical (unpaired) electrons. The number of carbonyl (C=O) groups excluding carboxylic acids is 3. The number of carbonyl (C=O) groups is 3. The number of anilines is 1. The summed E-state index contributed by atoms with van der Waals surface area (Å²) in [6, 6.07) is 11.7. The first-order valence-electron chi connectivity index (χ1n) is 10.2. The van der Waals surface area contributed by atoms with Crippen molar-refractivity contribution in [2.75, 3.05) is 17.9 Å². The van der Waals surface area contributed by atoms with Crippen LogP contribution in [0, 0.1) is 0 Å². The van der Waals surface area contributed by atoms with Gasteiger partial charge in [-0.1, -0.05) is 31.5 Å². The van der Waals surface area contributed by atoms with Crippen molar-refractivity contribution in [3.05, 3.63) is 59.7 Å². The largest absolute Gasteiger partial charge is 0.452 e. The summed E-state index contributed by atoms with van der Waals surface area (Å²) in [5, 5.41) is 4.36. The average Bonchev–Trinajstić information content (AvgIpc) is 2.77. The van der Waals surface area contributed by atoms with Gasteiger partial charge in [0.05, 0.1) is 10.5 Å². The van der Waals surface area contributed by atoms with Crippen molar-refractivity contribution in [3.8, 4) is 0 Å². The monoisotopic (exact) mass is 461 g/mol. The molecule has 0 heterocycles. The van der Waals surface area contributed by atoms with Crippen LogP contribution in [0.25, 0.3) is 0 Å². The maximum absolute atomic E-state index is 12.7. The normalized spacial score (nSPS) is 10.8. The lowest BCUT2D eigenvalue weighted by atomic mass is 10.1. The van der Waals surface area contributed by atoms with E-state index in [1.807, 2.05) is 17.4 Å². The van der Waals surface area contributed by atoms with Crippen LogP contribution < -0.4 is 15.4 Å². The molecule has 2 aromatic carbocycles. The predicted molar refractivity (Wildman–Crippen MR) is 120 cm³/mol. The van der Waals surface area contributed by atoms with Crippen molar-refractivity contribution in [3.63, 3.8) is 0 Å². The third kappa shape index (κ3) is 7.69. The standard InChI is InChI=1S/C22H27N3O6S/c1-3-5-7-16-10-12-18(13-11-16)25-32(29,30)19-9-6-8-17(14-19)21(27)31-15-20(26)24-22(28)23-4-2/h6,8-14,25H,3-5,7,15H2,1-2H3,(H2,23,24,26,28). The number of esters is 1. The smallest absolute Gasteiger partial charge is 0.338 e. The van der Waals surface area contributed by atoms with E-state index < -0.39 is 34.5 Å². The van der Waals surface area contributed by atoms with E-state index in [1.54, 1.807) is 19.1 Å². The number of benzene rings is 2. The molecule has 0 spiro atoms. The molecule has 0 fully saturated rings. The minimum absolute atomic E-state index is 0.0476. The summed E-state index contributed by atoms with van der Waals surface area (Å²) < 4.78 is 32.8. The number of aryl methyl sites for hydroxylation is 1. The maximum Gasteiger partial charge on any atom is 0.338 e. The van der Waals surface area contributed by atoms with E-state index in [9.17, 15) is 22.8 Å². The summed E-state index contributed by atoms with van der Waals surface area (Å²) in [6.07, 6.45) is 3.06. The lowest BCUT2D eigenvalue weighted by Gasteiger charge is -2.10. The number of hydrogen-bond acceptors (Lipinski definition) is 6. The second-order valence-corrected chi connectivity index (χ2v) is 8.60. The number of ether oxygens (including phenoxy) is 1. The van der Waals surface area contributed by atoms with E-state index in [0.29, 0.717) is 12.2 Å². The summed E-state index contributed by atoms with van der Waals surface area (Å²) >= 11 is 0. The molecule has 3 N–H and O–H groups in total. The van der Waals surface area contributed by atoms with Gasteiger partial charge in [0, 0.05) is 12.2 Å². The quantitative estimate of drug-likeness (QED) is 0.467. The highest BCUT2D eigenvalue weighted by Crippen LogP contribution is 2.19. The van der Waals surface area contributed by atoms with E-state index in [2.05, 4.69) is 17.0 Å². The van der Waals surface area contributed by atoms with Crippen molar-refractivity contribution in [1.29, 1.82) is 0 Å². The summed E-state index contributed by atoms with van der Waals surface area (Å²) in [5.74, 6) is -1.70. The van der Waals surface area contributed by atoms with E-state index in [1.165, 1.54) is 18.2 Å². The molecule has 0 unspecified atom stereocenters. The molecule has 0 bridgehead atoms. The van der Waals surface area contributed by atoms with E-state index in [0.717, 1.165) is 30.9 Å². The van der Waals surface area contributed by atoms with Crippen LogP contribution in [0.5, 0.6) is 0 Å². The number of rotatable bonds is 10. The van der Waals surface area contributed by atoms with Crippen LogP contribution in [0.2, 0.25) is 0 Å². The molecular weight excluding hydrogens is 434 g/mol. The summed E-state index contributed by atoms with van der Waals surface area (Å²) in [5.41, 5.74) is 1.48. The number of hydrogen-bond donors (Lipinski definition) is 3. The molecule has 2 aromatic rings. The number of nitrogens with one attached hydrogen (secondary N) is 3. The molecule has 0 saturated carbocycles. The molecule has 0 aliphatic carbocycles. The molecule has 172 valence electrons. The van der Waals surface area contributed by atoms with Gasteiger partial charge in [0.15, 0.2) is 6.61 Å². The first kappa shape index (κ1) is 24.9. The molecule has 10 heteroatoms. The molecule has 2 rings (SSSR count). The Bertz CT molecular complexity index is 1050. The fourth-order valence-electron chi connectivity index (χ4n) is 2.71. The zero-order chi connectivity index (χ0) is 23.6. The Balaban J connectivity index is 2.01. The van der Waals surface area contributed by atoms with Gasteiger partial charge in [-0.05, 0) is 55.7 Å². The van der Waals surface area contributed by atoms with Gasteiger partial charge in [0.2, 0.25) is 0 Å². The molecule has 0 saturated heterocycles. The predicted octanol–water partition coefficient (Wildman–Crippen LogP) is 2.83. The molecule has 0 aromatic heterocycles. The Morgan fingerprint density at radius 1 is 1.00 bits per heavy atom. The Morgan fingerprint density at radius 2 is 1.72 bits per heavy atom. The SMILES string of the molecule is CCCCc1ccc(NS(=O)(=O)c2cccc(C(=O)OCC(=O)NC(=O)NCC)c2)cc1. The van der Waals surface area contributed by atoms with E-state index >= 15 is 0 Å². The second kappa shape index (κ2) is 11.8. The fourth-order valence-corrected chi connectivity index (χ4v) is 3.81. The minimum Gasteiger partial charge on any atom is -0.452 e. The van der Waals surface area contributed by atoms with Gasteiger partial charge in [-0.3, -0.25) is 14.8 Å². The van der Waals surface area contributed by atoms with Gasteiger partial charge in [0.1, 0.15) is 0 Å². The lowest BCUT2D eigenvalue weighted by molar-refractivity contribution is -0.123. The number of imide groups is 1. The zero-order valence-electron chi connectivity index (χ0n) is 18.0. The Morgan fingerprint density at radius 3 is 2.38 bits per heavy atom. The summed E-state index contributed by atoms with van der Waals surface area (Å²) in [7, 11) is -3.94.